The molecule has 20 heavy (non-hydrogen) atoms. The molecule has 0 saturated heterocycles. The van der Waals surface area contributed by atoms with Gasteiger partial charge in [0.1, 0.15) is 0 Å². The number of halogens is 3. The highest BCUT2D eigenvalue weighted by Gasteiger charge is 2.25. The number of aliphatic imine (C=N–C) groups is 1. The van der Waals surface area contributed by atoms with Gasteiger partial charge in [0.05, 0.1) is 6.54 Å². The number of nitrogens with one attached hydrogen (secondary N) is 1. The Morgan fingerprint density at radius 2 is 1.95 bits per heavy atom. The summed E-state index contributed by atoms with van der Waals surface area (Å²) in [6.07, 6.45) is 1.72. The maximum absolute atomic E-state index is 6.22. The fourth-order valence-electron chi connectivity index (χ4n) is 1.74. The van der Waals surface area contributed by atoms with E-state index in [1.807, 2.05) is 32.0 Å². The van der Waals surface area contributed by atoms with Gasteiger partial charge in [-0.05, 0) is 17.7 Å². The van der Waals surface area contributed by atoms with E-state index in [9.17, 15) is 0 Å². The summed E-state index contributed by atoms with van der Waals surface area (Å²) in [4.78, 5) is 4.31. The molecule has 0 aliphatic carbocycles. The van der Waals surface area contributed by atoms with Gasteiger partial charge in [-0.15, -0.1) is 30.6 Å². The fourth-order valence-corrected chi connectivity index (χ4v) is 2.65. The molecule has 0 spiro atoms. The number of nitrogens with two attached hydrogens (primary N) is 1. The number of hydrogen-bond donors (Lipinski definition) is 2. The van der Waals surface area contributed by atoms with Crippen molar-refractivity contribution in [3.63, 3.8) is 0 Å². The average Bonchev–Trinajstić information content (AvgIpc) is 2.33. The van der Waals surface area contributed by atoms with E-state index in [-0.39, 0.29) is 29.4 Å². The first-order chi connectivity index (χ1) is 8.88. The lowest BCUT2D eigenvalue weighted by atomic mass is 9.84. The van der Waals surface area contributed by atoms with E-state index in [1.54, 1.807) is 6.08 Å². The van der Waals surface area contributed by atoms with Crippen LogP contribution in [0.15, 0.2) is 35.8 Å². The van der Waals surface area contributed by atoms with Gasteiger partial charge < -0.3 is 11.1 Å². The van der Waals surface area contributed by atoms with Crippen molar-refractivity contribution in [1.29, 1.82) is 0 Å². The topological polar surface area (TPSA) is 50.4 Å². The molecule has 0 aliphatic rings. The van der Waals surface area contributed by atoms with Gasteiger partial charge in [-0.1, -0.05) is 49.2 Å². The number of hydrogen-bond acceptors (Lipinski definition) is 1. The van der Waals surface area contributed by atoms with E-state index in [0.717, 1.165) is 5.56 Å². The van der Waals surface area contributed by atoms with Crippen molar-refractivity contribution in [3.8, 4) is 0 Å². The van der Waals surface area contributed by atoms with Crippen molar-refractivity contribution in [2.24, 2.45) is 10.7 Å². The molecule has 0 aromatic heterocycles. The third-order valence-corrected chi connectivity index (χ3v) is 3.34. The minimum atomic E-state index is -0.296. The van der Waals surface area contributed by atoms with Gasteiger partial charge in [0.15, 0.2) is 5.96 Å². The van der Waals surface area contributed by atoms with Crippen LogP contribution in [0.2, 0.25) is 10.0 Å². The van der Waals surface area contributed by atoms with Crippen molar-refractivity contribution < 1.29 is 0 Å². The van der Waals surface area contributed by atoms with Crippen molar-refractivity contribution in [2.45, 2.75) is 19.3 Å². The number of nitrogens with zero attached hydrogens (tertiary/aromatic N) is 1. The van der Waals surface area contributed by atoms with Gasteiger partial charge in [0, 0.05) is 22.0 Å². The maximum Gasteiger partial charge on any atom is 0.188 e. The minimum absolute atomic E-state index is 0. The monoisotopic (exact) mass is 427 g/mol. The van der Waals surface area contributed by atoms with Crippen LogP contribution in [-0.2, 0) is 5.41 Å². The summed E-state index contributed by atoms with van der Waals surface area (Å²) in [5.74, 6) is 0.385. The highest BCUT2D eigenvalue weighted by molar-refractivity contribution is 14.0. The third-order valence-electron chi connectivity index (χ3n) is 2.71. The highest BCUT2D eigenvalue weighted by atomic mass is 127. The Morgan fingerprint density at radius 1 is 1.40 bits per heavy atom. The summed E-state index contributed by atoms with van der Waals surface area (Å²) in [6, 6.07) is 5.48. The summed E-state index contributed by atoms with van der Waals surface area (Å²) in [6.45, 7) is 8.75. The first kappa shape index (κ1) is 19.5. The number of benzene rings is 1. The predicted octanol–water partition coefficient (Wildman–Crippen LogP) is 3.98. The quantitative estimate of drug-likeness (QED) is 0.323. The second kappa shape index (κ2) is 8.74. The molecular weight excluding hydrogens is 408 g/mol. The fraction of sp³-hybridized carbons (Fsp3) is 0.357. The van der Waals surface area contributed by atoms with E-state index < -0.39 is 0 Å². The lowest BCUT2D eigenvalue weighted by Gasteiger charge is -2.25. The van der Waals surface area contributed by atoms with Crippen LogP contribution in [0.5, 0.6) is 0 Å². The Balaban J connectivity index is 0.00000361. The predicted molar refractivity (Wildman–Crippen MR) is 99.6 cm³/mol. The molecule has 0 saturated carbocycles. The van der Waals surface area contributed by atoms with Crippen LogP contribution in [0, 0.1) is 0 Å². The summed E-state index contributed by atoms with van der Waals surface area (Å²) in [7, 11) is 0. The van der Waals surface area contributed by atoms with E-state index in [0.29, 0.717) is 29.1 Å². The smallest absolute Gasteiger partial charge is 0.188 e. The number of rotatable bonds is 5. The van der Waals surface area contributed by atoms with Gasteiger partial charge in [0.2, 0.25) is 0 Å². The summed E-state index contributed by atoms with van der Waals surface area (Å²) in [5.41, 5.74) is 6.34. The van der Waals surface area contributed by atoms with Crippen LogP contribution in [0.4, 0.5) is 0 Å². The number of guanidine groups is 1. The van der Waals surface area contributed by atoms with Gasteiger partial charge in [-0.2, -0.15) is 0 Å². The molecule has 0 atom stereocenters. The van der Waals surface area contributed by atoms with Gasteiger partial charge in [0.25, 0.3) is 0 Å². The third kappa shape index (κ3) is 5.50. The van der Waals surface area contributed by atoms with Crippen LogP contribution >= 0.6 is 47.2 Å². The molecule has 112 valence electrons. The molecule has 3 N–H and O–H groups in total. The molecule has 0 unspecified atom stereocenters. The first-order valence-electron chi connectivity index (χ1n) is 5.97. The van der Waals surface area contributed by atoms with Crippen LogP contribution in [0.1, 0.15) is 19.4 Å². The molecule has 0 amide bonds. The highest BCUT2D eigenvalue weighted by Crippen LogP contribution is 2.35. The summed E-state index contributed by atoms with van der Waals surface area (Å²) < 4.78 is 0. The zero-order valence-electron chi connectivity index (χ0n) is 11.6. The molecule has 0 fully saturated rings. The first-order valence-corrected chi connectivity index (χ1v) is 6.73. The van der Waals surface area contributed by atoms with Crippen molar-refractivity contribution in [2.75, 3.05) is 13.1 Å². The van der Waals surface area contributed by atoms with E-state index in [2.05, 4.69) is 16.9 Å². The molecule has 0 aliphatic heterocycles. The Morgan fingerprint density at radius 3 is 2.45 bits per heavy atom. The zero-order chi connectivity index (χ0) is 14.5. The molecule has 1 aromatic carbocycles. The second-order valence-corrected chi connectivity index (χ2v) is 5.67. The van der Waals surface area contributed by atoms with Crippen LogP contribution < -0.4 is 11.1 Å². The normalized spacial score (nSPS) is 11.7. The molecule has 3 nitrogen and oxygen atoms in total. The Hall–Kier alpha value is -0.460. The van der Waals surface area contributed by atoms with Crippen LogP contribution in [-0.4, -0.2) is 19.0 Å². The maximum atomic E-state index is 6.22. The van der Waals surface area contributed by atoms with E-state index >= 15 is 0 Å². The molecule has 6 heteroatoms. The standard InChI is InChI=1S/C14H19Cl2N3.HI/c1-4-8-18-13(17)19-9-14(2,3)12-10(15)6-5-7-11(12)16;/h4-7H,1,8-9H2,2-3H3,(H3,17,18,19);1H. The Kier molecular flexibility index (Phi) is 8.54. The second-order valence-electron chi connectivity index (χ2n) is 4.85. The molecule has 0 heterocycles. The minimum Gasteiger partial charge on any atom is -0.370 e. The van der Waals surface area contributed by atoms with Gasteiger partial charge in [-0.3, -0.25) is 4.99 Å². The van der Waals surface area contributed by atoms with Crippen LogP contribution in [0.25, 0.3) is 0 Å². The summed E-state index contributed by atoms with van der Waals surface area (Å²) >= 11 is 12.4. The lowest BCUT2D eigenvalue weighted by molar-refractivity contribution is 0.539. The lowest BCUT2D eigenvalue weighted by Crippen LogP contribution is -2.33. The zero-order valence-corrected chi connectivity index (χ0v) is 15.5. The van der Waals surface area contributed by atoms with Crippen molar-refractivity contribution in [3.05, 3.63) is 46.5 Å². The average molecular weight is 428 g/mol. The molecule has 0 bridgehead atoms. The Bertz CT molecular complexity index is 467. The molecule has 1 aromatic rings. The molecule has 1 rings (SSSR count). The van der Waals surface area contributed by atoms with Gasteiger partial charge in [-0.25, -0.2) is 0 Å². The van der Waals surface area contributed by atoms with Crippen LogP contribution in [0.3, 0.4) is 0 Å². The largest absolute Gasteiger partial charge is 0.370 e. The SMILES string of the molecule is C=CCNC(N)=NCC(C)(C)c1c(Cl)cccc1Cl.I. The summed E-state index contributed by atoms with van der Waals surface area (Å²) in [5, 5.41) is 4.22. The Labute approximate surface area is 147 Å². The van der Waals surface area contributed by atoms with Crippen molar-refractivity contribution >= 4 is 53.1 Å². The molecular formula is C14H20Cl2IN3. The van der Waals surface area contributed by atoms with E-state index in [4.69, 9.17) is 28.9 Å². The molecule has 0 radical (unpaired) electrons. The van der Waals surface area contributed by atoms with Gasteiger partial charge >= 0.3 is 0 Å². The van der Waals surface area contributed by atoms with Crippen molar-refractivity contribution in [1.82, 2.24) is 5.32 Å². The van der Waals surface area contributed by atoms with E-state index in [1.165, 1.54) is 0 Å².